The van der Waals surface area contributed by atoms with Crippen LogP contribution in [0.5, 0.6) is 0 Å². The first-order valence-electron chi connectivity index (χ1n) is 4.40. The molecule has 0 aliphatic carbocycles. The Balaban J connectivity index is 2.19. The number of thioether (sulfide) groups is 2. The molecule has 0 aromatic heterocycles. The summed E-state index contributed by atoms with van der Waals surface area (Å²) in [6.45, 7) is 3.71. The van der Waals surface area contributed by atoms with Crippen molar-refractivity contribution >= 4 is 23.5 Å². The highest BCUT2D eigenvalue weighted by Gasteiger charge is 2.20. The zero-order valence-corrected chi connectivity index (χ0v) is 9.00. The molecule has 2 atom stereocenters. The fraction of sp³-hybridized carbons (Fsp3) is 0.778. The Morgan fingerprint density at radius 3 is 3.00 bits per heavy atom. The van der Waals surface area contributed by atoms with Gasteiger partial charge in [0.25, 0.3) is 0 Å². The molecular weight excluding hydrogens is 186 g/mol. The maximum atomic E-state index is 6.05. The molecule has 0 aromatic carbocycles. The molecule has 0 radical (unpaired) electrons. The van der Waals surface area contributed by atoms with Gasteiger partial charge in [0.2, 0.25) is 0 Å². The summed E-state index contributed by atoms with van der Waals surface area (Å²) in [6, 6.07) is 0.376. The van der Waals surface area contributed by atoms with E-state index < -0.39 is 0 Å². The monoisotopic (exact) mass is 203 g/mol. The van der Waals surface area contributed by atoms with Crippen molar-refractivity contribution in [3.8, 4) is 0 Å². The molecule has 0 aromatic rings. The molecule has 2 N–H and O–H groups in total. The van der Waals surface area contributed by atoms with Gasteiger partial charge in [0.05, 0.1) is 0 Å². The summed E-state index contributed by atoms with van der Waals surface area (Å²) >= 11 is 4.08. The van der Waals surface area contributed by atoms with Crippen LogP contribution in [0.25, 0.3) is 0 Å². The number of rotatable bonds is 4. The van der Waals surface area contributed by atoms with Crippen LogP contribution >= 0.6 is 23.5 Å². The van der Waals surface area contributed by atoms with Crippen LogP contribution in [0.15, 0.2) is 12.7 Å². The predicted molar refractivity (Wildman–Crippen MR) is 61.0 cm³/mol. The molecule has 0 spiro atoms. The lowest BCUT2D eigenvalue weighted by atomic mass is 10.1. The molecule has 1 nitrogen and oxygen atoms in total. The summed E-state index contributed by atoms with van der Waals surface area (Å²) in [5.74, 6) is 3.81. The van der Waals surface area contributed by atoms with Crippen LogP contribution in [-0.2, 0) is 0 Å². The first kappa shape index (κ1) is 10.5. The average Bonchev–Trinajstić information content (AvgIpc) is 2.15. The van der Waals surface area contributed by atoms with E-state index in [2.05, 4.69) is 6.58 Å². The lowest BCUT2D eigenvalue weighted by molar-refractivity contribution is 0.618. The summed E-state index contributed by atoms with van der Waals surface area (Å²) in [5.41, 5.74) is 6.05. The highest BCUT2D eigenvalue weighted by Crippen LogP contribution is 2.26. The van der Waals surface area contributed by atoms with Crippen molar-refractivity contribution in [2.75, 3.05) is 17.3 Å². The van der Waals surface area contributed by atoms with Gasteiger partial charge in [-0.05, 0) is 12.8 Å². The van der Waals surface area contributed by atoms with E-state index in [9.17, 15) is 0 Å². The molecule has 70 valence electrons. The molecule has 3 heteroatoms. The molecule has 1 aliphatic rings. The maximum Gasteiger partial charge on any atom is 0.0289 e. The summed E-state index contributed by atoms with van der Waals surface area (Å²) in [4.78, 5) is 0. The second-order valence-electron chi connectivity index (χ2n) is 3.01. The Hall–Kier alpha value is 0.400. The third-order valence-corrected chi connectivity index (χ3v) is 4.96. The normalized spacial score (nSPS) is 26.6. The van der Waals surface area contributed by atoms with Crippen molar-refractivity contribution in [2.45, 2.75) is 24.1 Å². The van der Waals surface area contributed by atoms with Gasteiger partial charge in [-0.1, -0.05) is 6.08 Å². The number of nitrogens with two attached hydrogens (primary N) is 1. The Kier molecular flexibility index (Phi) is 5.19. The smallest absolute Gasteiger partial charge is 0.0289 e. The minimum Gasteiger partial charge on any atom is -0.327 e. The van der Waals surface area contributed by atoms with Gasteiger partial charge in [-0.25, -0.2) is 0 Å². The first-order valence-corrected chi connectivity index (χ1v) is 6.60. The van der Waals surface area contributed by atoms with E-state index in [-0.39, 0.29) is 0 Å². The van der Waals surface area contributed by atoms with Crippen molar-refractivity contribution in [1.82, 2.24) is 0 Å². The third kappa shape index (κ3) is 3.42. The average molecular weight is 203 g/mol. The molecule has 1 fully saturated rings. The highest BCUT2D eigenvalue weighted by atomic mass is 32.2. The maximum absolute atomic E-state index is 6.05. The van der Waals surface area contributed by atoms with Crippen LogP contribution in [0.2, 0.25) is 0 Å². The van der Waals surface area contributed by atoms with Gasteiger partial charge in [0.15, 0.2) is 0 Å². The van der Waals surface area contributed by atoms with Crippen LogP contribution in [-0.4, -0.2) is 28.6 Å². The van der Waals surface area contributed by atoms with Crippen molar-refractivity contribution in [2.24, 2.45) is 5.73 Å². The predicted octanol–water partition coefficient (Wildman–Crippen LogP) is 2.13. The second-order valence-corrected chi connectivity index (χ2v) is 5.51. The number of hydrogen-bond donors (Lipinski definition) is 1. The number of hydrogen-bond acceptors (Lipinski definition) is 3. The zero-order chi connectivity index (χ0) is 8.81. The molecule has 2 unspecified atom stereocenters. The molecule has 12 heavy (non-hydrogen) atoms. The van der Waals surface area contributed by atoms with Gasteiger partial charge in [0, 0.05) is 28.6 Å². The van der Waals surface area contributed by atoms with E-state index in [1.807, 2.05) is 29.6 Å². The molecule has 0 amide bonds. The van der Waals surface area contributed by atoms with E-state index in [4.69, 9.17) is 5.73 Å². The van der Waals surface area contributed by atoms with Gasteiger partial charge in [-0.2, -0.15) is 23.5 Å². The molecule has 1 aliphatic heterocycles. The summed E-state index contributed by atoms with van der Waals surface area (Å²) < 4.78 is 0. The standard InChI is InChI=1S/C9H17NS2/c1-2-3-4-8(10)9-7-11-5-6-12-9/h2,8-9H,1,3-7,10H2. The van der Waals surface area contributed by atoms with Gasteiger partial charge in [-0.3, -0.25) is 0 Å². The van der Waals surface area contributed by atoms with Crippen LogP contribution in [0.1, 0.15) is 12.8 Å². The van der Waals surface area contributed by atoms with Crippen LogP contribution in [0, 0.1) is 0 Å². The zero-order valence-electron chi connectivity index (χ0n) is 7.37. The highest BCUT2D eigenvalue weighted by molar-refractivity contribution is 8.06. The van der Waals surface area contributed by atoms with Gasteiger partial charge < -0.3 is 5.73 Å². The van der Waals surface area contributed by atoms with Crippen LogP contribution in [0.4, 0.5) is 0 Å². The van der Waals surface area contributed by atoms with Crippen molar-refractivity contribution < 1.29 is 0 Å². The Bertz CT molecular complexity index is 132. The van der Waals surface area contributed by atoms with Crippen LogP contribution < -0.4 is 5.73 Å². The van der Waals surface area contributed by atoms with Gasteiger partial charge >= 0.3 is 0 Å². The molecule has 1 rings (SSSR count). The lowest BCUT2D eigenvalue weighted by Crippen LogP contribution is -2.36. The van der Waals surface area contributed by atoms with Gasteiger partial charge in [0.1, 0.15) is 0 Å². The third-order valence-electron chi connectivity index (χ3n) is 2.02. The summed E-state index contributed by atoms with van der Waals surface area (Å²) in [5, 5.41) is 0.684. The molecule has 1 heterocycles. The Morgan fingerprint density at radius 1 is 1.58 bits per heavy atom. The van der Waals surface area contributed by atoms with E-state index in [0.29, 0.717) is 11.3 Å². The lowest BCUT2D eigenvalue weighted by Gasteiger charge is -2.26. The summed E-state index contributed by atoms with van der Waals surface area (Å²) in [6.07, 6.45) is 4.12. The van der Waals surface area contributed by atoms with Gasteiger partial charge in [-0.15, -0.1) is 6.58 Å². The van der Waals surface area contributed by atoms with E-state index in [1.165, 1.54) is 17.3 Å². The van der Waals surface area contributed by atoms with E-state index >= 15 is 0 Å². The van der Waals surface area contributed by atoms with Crippen molar-refractivity contribution in [3.63, 3.8) is 0 Å². The number of allylic oxidation sites excluding steroid dienone is 1. The van der Waals surface area contributed by atoms with E-state index in [1.54, 1.807) is 0 Å². The topological polar surface area (TPSA) is 26.0 Å². The van der Waals surface area contributed by atoms with E-state index in [0.717, 1.165) is 12.8 Å². The molecule has 0 bridgehead atoms. The largest absolute Gasteiger partial charge is 0.327 e. The fourth-order valence-corrected chi connectivity index (χ4v) is 4.11. The van der Waals surface area contributed by atoms with Crippen LogP contribution in [0.3, 0.4) is 0 Å². The molecule has 1 saturated heterocycles. The minimum atomic E-state index is 0.376. The Morgan fingerprint density at radius 2 is 2.42 bits per heavy atom. The molecular formula is C9H17NS2. The summed E-state index contributed by atoms with van der Waals surface area (Å²) in [7, 11) is 0. The van der Waals surface area contributed by atoms with Crippen molar-refractivity contribution in [1.29, 1.82) is 0 Å². The molecule has 0 saturated carbocycles. The quantitative estimate of drug-likeness (QED) is 0.709. The minimum absolute atomic E-state index is 0.376. The second kappa shape index (κ2) is 5.95. The fourth-order valence-electron chi connectivity index (χ4n) is 1.25. The van der Waals surface area contributed by atoms with Crippen molar-refractivity contribution in [3.05, 3.63) is 12.7 Å². The first-order chi connectivity index (χ1) is 5.84. The Labute approximate surface area is 83.5 Å². The SMILES string of the molecule is C=CCCC(N)C1CSCCS1.